The number of hydrogen-bond acceptors (Lipinski definition) is 7. The first-order valence-electron chi connectivity index (χ1n) is 9.43. The quantitative estimate of drug-likeness (QED) is 0.366. The van der Waals surface area contributed by atoms with Crippen molar-refractivity contribution in [1.82, 2.24) is 9.97 Å². The number of hydrogen-bond donors (Lipinski definition) is 2. The molecule has 1 heterocycles. The van der Waals surface area contributed by atoms with Crippen molar-refractivity contribution in [3.63, 3.8) is 0 Å². The molecule has 3 N–H and O–H groups in total. The van der Waals surface area contributed by atoms with Crippen LogP contribution < -0.4 is 11.1 Å². The van der Waals surface area contributed by atoms with Gasteiger partial charge in [0.05, 0.1) is 25.1 Å². The Labute approximate surface area is 170 Å². The van der Waals surface area contributed by atoms with Crippen LogP contribution in [0, 0.1) is 0 Å². The molecule has 1 aromatic heterocycles. The van der Waals surface area contributed by atoms with E-state index in [9.17, 15) is 4.57 Å². The van der Waals surface area contributed by atoms with Crippen LogP contribution in [0.25, 0.3) is 11.3 Å². The number of benzene rings is 2. The second-order valence-electron chi connectivity index (χ2n) is 6.34. The monoisotopic (exact) mass is 412 g/mol. The van der Waals surface area contributed by atoms with E-state index >= 15 is 0 Å². The maximum absolute atomic E-state index is 12.7. The Kier molecular flexibility index (Phi) is 6.99. The van der Waals surface area contributed by atoms with E-state index in [-0.39, 0.29) is 6.16 Å². The summed E-state index contributed by atoms with van der Waals surface area (Å²) in [4.78, 5) is 8.59. The number of rotatable bonds is 9. The highest BCUT2D eigenvalue weighted by Crippen LogP contribution is 2.51. The highest BCUT2D eigenvalue weighted by molar-refractivity contribution is 7.53. The molecular formula is C21H25N4O3P. The zero-order valence-corrected chi connectivity index (χ0v) is 17.4. The number of aromatic nitrogens is 2. The van der Waals surface area contributed by atoms with E-state index in [2.05, 4.69) is 15.3 Å². The van der Waals surface area contributed by atoms with Gasteiger partial charge in [0.2, 0.25) is 0 Å². The summed E-state index contributed by atoms with van der Waals surface area (Å²) in [6.07, 6.45) is 1.75. The van der Waals surface area contributed by atoms with Crippen LogP contribution in [-0.4, -0.2) is 23.2 Å². The number of nitrogens with two attached hydrogens (primary N) is 1. The molecule has 0 unspecified atom stereocenters. The molecule has 3 rings (SSSR count). The predicted molar refractivity (Wildman–Crippen MR) is 116 cm³/mol. The van der Waals surface area contributed by atoms with Crippen molar-refractivity contribution in [1.29, 1.82) is 0 Å². The molecule has 0 atom stereocenters. The minimum atomic E-state index is -3.12. The first-order valence-corrected chi connectivity index (χ1v) is 11.2. The Morgan fingerprint density at radius 1 is 1.00 bits per heavy atom. The largest absolute Gasteiger partial charge is 0.399 e. The van der Waals surface area contributed by atoms with Gasteiger partial charge in [-0.2, -0.15) is 0 Å². The third kappa shape index (κ3) is 5.87. The van der Waals surface area contributed by atoms with E-state index in [1.807, 2.05) is 54.6 Å². The lowest BCUT2D eigenvalue weighted by atomic mass is 10.1. The molecule has 0 radical (unpaired) electrons. The first kappa shape index (κ1) is 21.0. The Morgan fingerprint density at radius 2 is 1.72 bits per heavy atom. The van der Waals surface area contributed by atoms with Crippen molar-refractivity contribution < 1.29 is 13.6 Å². The second kappa shape index (κ2) is 9.65. The van der Waals surface area contributed by atoms with E-state index in [1.165, 1.54) is 6.33 Å². The van der Waals surface area contributed by atoms with E-state index in [1.54, 1.807) is 13.8 Å². The van der Waals surface area contributed by atoms with Crippen molar-refractivity contribution in [2.45, 2.75) is 20.0 Å². The summed E-state index contributed by atoms with van der Waals surface area (Å²) in [5.41, 5.74) is 9.98. The highest BCUT2D eigenvalue weighted by atomic mass is 31.2. The smallest absolute Gasteiger partial charge is 0.335 e. The van der Waals surface area contributed by atoms with Gasteiger partial charge >= 0.3 is 7.60 Å². The molecule has 0 spiro atoms. The average Bonchev–Trinajstić information content (AvgIpc) is 2.70. The lowest BCUT2D eigenvalue weighted by molar-refractivity contribution is 0.219. The van der Waals surface area contributed by atoms with Crippen molar-refractivity contribution in [3.8, 4) is 11.3 Å². The average molecular weight is 412 g/mol. The van der Waals surface area contributed by atoms with Gasteiger partial charge in [-0.05, 0) is 43.7 Å². The van der Waals surface area contributed by atoms with Crippen molar-refractivity contribution in [2.24, 2.45) is 0 Å². The molecule has 152 valence electrons. The Bertz CT molecular complexity index is 985. The van der Waals surface area contributed by atoms with Crippen molar-refractivity contribution >= 4 is 24.8 Å². The molecule has 8 heteroatoms. The molecule has 0 aliphatic heterocycles. The van der Waals surface area contributed by atoms with Crippen LogP contribution in [-0.2, 0) is 19.8 Å². The zero-order valence-electron chi connectivity index (χ0n) is 16.5. The second-order valence-corrected chi connectivity index (χ2v) is 8.39. The zero-order chi connectivity index (χ0) is 20.7. The molecule has 0 saturated heterocycles. The summed E-state index contributed by atoms with van der Waals surface area (Å²) in [6, 6.07) is 17.0. The topological polar surface area (TPSA) is 99.4 Å². The highest BCUT2D eigenvalue weighted by Gasteiger charge is 2.23. The number of nitrogens with zero attached hydrogens (tertiary/aromatic N) is 2. The van der Waals surface area contributed by atoms with Crippen LogP contribution in [0.3, 0.4) is 0 Å². The molecule has 0 fully saturated rings. The van der Waals surface area contributed by atoms with E-state index in [0.29, 0.717) is 24.7 Å². The summed E-state index contributed by atoms with van der Waals surface area (Å²) in [7, 11) is -3.12. The van der Waals surface area contributed by atoms with Gasteiger partial charge in [-0.3, -0.25) is 4.57 Å². The van der Waals surface area contributed by atoms with Gasteiger partial charge in [0, 0.05) is 23.0 Å². The maximum Gasteiger partial charge on any atom is 0.335 e. The third-order valence-electron chi connectivity index (χ3n) is 4.10. The van der Waals surface area contributed by atoms with E-state index in [0.717, 1.165) is 22.5 Å². The standard InChI is InChI=1S/C21H25N4O3P/c1-3-27-29(26,28-4-2)14-16-8-10-19(11-9-16)25-21-13-20(23-15-24-21)17-6-5-7-18(22)12-17/h5-13,15H,3-4,14,22H2,1-2H3,(H,23,24,25). The lowest BCUT2D eigenvalue weighted by Gasteiger charge is -2.17. The third-order valence-corrected chi connectivity index (χ3v) is 6.16. The SMILES string of the molecule is CCOP(=O)(Cc1ccc(Nc2cc(-c3cccc(N)c3)ncn2)cc1)OCC. The van der Waals surface area contributed by atoms with Crippen LogP contribution in [0.1, 0.15) is 19.4 Å². The normalized spacial score (nSPS) is 11.4. The van der Waals surface area contributed by atoms with Gasteiger partial charge in [-0.1, -0.05) is 24.3 Å². The summed E-state index contributed by atoms with van der Waals surface area (Å²) in [5, 5.41) is 3.26. The van der Waals surface area contributed by atoms with Gasteiger partial charge < -0.3 is 20.1 Å². The molecule has 29 heavy (non-hydrogen) atoms. The molecule has 0 amide bonds. The molecule has 0 bridgehead atoms. The molecule has 3 aromatic rings. The van der Waals surface area contributed by atoms with Gasteiger partial charge in [-0.25, -0.2) is 9.97 Å². The van der Waals surface area contributed by atoms with Crippen LogP contribution >= 0.6 is 7.60 Å². The molecule has 0 aliphatic carbocycles. The predicted octanol–water partition coefficient (Wildman–Crippen LogP) is 5.24. The van der Waals surface area contributed by atoms with Crippen LogP contribution in [0.2, 0.25) is 0 Å². The molecule has 0 aliphatic rings. The van der Waals surface area contributed by atoms with E-state index < -0.39 is 7.60 Å². The fourth-order valence-corrected chi connectivity index (χ4v) is 4.57. The summed E-state index contributed by atoms with van der Waals surface area (Å²) in [5.74, 6) is 0.666. The van der Waals surface area contributed by atoms with E-state index in [4.69, 9.17) is 14.8 Å². The molecule has 7 nitrogen and oxygen atoms in total. The Hall–Kier alpha value is -2.73. The van der Waals surface area contributed by atoms with Gasteiger partial charge in [-0.15, -0.1) is 0 Å². The fourth-order valence-electron chi connectivity index (χ4n) is 2.87. The Morgan fingerprint density at radius 3 is 2.38 bits per heavy atom. The fraction of sp³-hybridized carbons (Fsp3) is 0.238. The van der Waals surface area contributed by atoms with Gasteiger partial charge in [0.25, 0.3) is 0 Å². The maximum atomic E-state index is 12.7. The summed E-state index contributed by atoms with van der Waals surface area (Å²) < 4.78 is 23.4. The minimum Gasteiger partial charge on any atom is -0.399 e. The molecule has 2 aromatic carbocycles. The number of nitrogens with one attached hydrogen (secondary N) is 1. The van der Waals surface area contributed by atoms with Crippen LogP contribution in [0.5, 0.6) is 0 Å². The number of nitrogen functional groups attached to an aromatic ring is 1. The van der Waals surface area contributed by atoms with Crippen molar-refractivity contribution in [3.05, 3.63) is 66.5 Å². The van der Waals surface area contributed by atoms with Gasteiger partial charge in [0.15, 0.2) is 0 Å². The summed E-state index contributed by atoms with van der Waals surface area (Å²) >= 11 is 0. The van der Waals surface area contributed by atoms with Crippen LogP contribution in [0.15, 0.2) is 60.9 Å². The van der Waals surface area contributed by atoms with Crippen molar-refractivity contribution in [2.75, 3.05) is 24.3 Å². The first-order chi connectivity index (χ1) is 14.0. The molecule has 0 saturated carbocycles. The summed E-state index contributed by atoms with van der Waals surface area (Å²) in [6.45, 7) is 4.30. The van der Waals surface area contributed by atoms with Gasteiger partial charge in [0.1, 0.15) is 12.1 Å². The number of anilines is 3. The minimum absolute atomic E-state index is 0.238. The molecular weight excluding hydrogens is 387 g/mol. The Balaban J connectivity index is 1.71. The lowest BCUT2D eigenvalue weighted by Crippen LogP contribution is -1.99. The van der Waals surface area contributed by atoms with Crippen LogP contribution in [0.4, 0.5) is 17.2 Å².